The molecule has 0 saturated heterocycles. The van der Waals surface area contributed by atoms with Crippen LogP contribution in [0.1, 0.15) is 24.8 Å². The molecule has 5 nitrogen and oxygen atoms in total. The summed E-state index contributed by atoms with van der Waals surface area (Å²) in [7, 11) is -4.02. The van der Waals surface area contributed by atoms with Gasteiger partial charge in [0.25, 0.3) is 0 Å². The summed E-state index contributed by atoms with van der Waals surface area (Å²) in [6.45, 7) is 0.334. The van der Waals surface area contributed by atoms with Crippen molar-refractivity contribution in [2.45, 2.75) is 36.7 Å². The predicted octanol–water partition coefficient (Wildman–Crippen LogP) is 3.59. The highest BCUT2D eigenvalue weighted by Gasteiger charge is 2.32. The van der Waals surface area contributed by atoms with E-state index in [-0.39, 0.29) is 29.8 Å². The van der Waals surface area contributed by atoms with E-state index >= 15 is 0 Å². The number of amides is 1. The van der Waals surface area contributed by atoms with Crippen LogP contribution < -0.4 is 4.72 Å². The molecule has 2 aromatic carbocycles. The standard InChI is InChI=1S/C19H19BrF2N2O3S/c20-14-3-1-2-13(10-14)12-24(15-4-5-15)19(25)8-9-23-28(26,27)16-6-7-17(21)18(22)11-16/h1-3,6-7,10-11,15,23H,4-5,8-9,12H2. The molecule has 28 heavy (non-hydrogen) atoms. The lowest BCUT2D eigenvalue weighted by Crippen LogP contribution is -2.35. The van der Waals surface area contributed by atoms with Crippen LogP contribution in [-0.2, 0) is 21.4 Å². The third-order valence-corrected chi connectivity index (χ3v) is 6.33. The number of carbonyl (C=O) groups excluding carboxylic acids is 1. The monoisotopic (exact) mass is 472 g/mol. The Bertz CT molecular complexity index is 981. The van der Waals surface area contributed by atoms with Crippen LogP contribution in [0.2, 0.25) is 0 Å². The smallest absolute Gasteiger partial charge is 0.240 e. The van der Waals surface area contributed by atoms with Crippen LogP contribution in [0.5, 0.6) is 0 Å². The maximum absolute atomic E-state index is 13.3. The lowest BCUT2D eigenvalue weighted by Gasteiger charge is -2.23. The van der Waals surface area contributed by atoms with Gasteiger partial charge in [-0.3, -0.25) is 4.79 Å². The minimum Gasteiger partial charge on any atom is -0.335 e. The fourth-order valence-corrected chi connectivity index (χ4v) is 4.29. The summed E-state index contributed by atoms with van der Waals surface area (Å²) in [6.07, 6.45) is 1.84. The first-order chi connectivity index (χ1) is 13.3. The normalized spacial score (nSPS) is 14.1. The molecule has 0 heterocycles. The highest BCUT2D eigenvalue weighted by Crippen LogP contribution is 2.29. The molecule has 2 aromatic rings. The fourth-order valence-electron chi connectivity index (χ4n) is 2.80. The first kappa shape index (κ1) is 20.9. The van der Waals surface area contributed by atoms with Crippen LogP contribution in [0.15, 0.2) is 51.8 Å². The summed E-state index contributed by atoms with van der Waals surface area (Å²) < 4.78 is 53.8. The van der Waals surface area contributed by atoms with Crippen molar-refractivity contribution in [1.29, 1.82) is 0 Å². The van der Waals surface area contributed by atoms with E-state index in [0.29, 0.717) is 12.6 Å². The Balaban J connectivity index is 1.59. The third kappa shape index (κ3) is 5.36. The van der Waals surface area contributed by atoms with Crippen LogP contribution in [0.3, 0.4) is 0 Å². The first-order valence-electron chi connectivity index (χ1n) is 8.75. The van der Waals surface area contributed by atoms with E-state index < -0.39 is 21.7 Å². The zero-order valence-electron chi connectivity index (χ0n) is 14.9. The minimum atomic E-state index is -4.02. The Kier molecular flexibility index (Phi) is 6.47. The van der Waals surface area contributed by atoms with Crippen molar-refractivity contribution in [1.82, 2.24) is 9.62 Å². The first-order valence-corrected chi connectivity index (χ1v) is 11.0. The molecular weight excluding hydrogens is 454 g/mol. The maximum Gasteiger partial charge on any atom is 0.240 e. The summed E-state index contributed by atoms with van der Waals surface area (Å²) in [5.41, 5.74) is 0.983. The molecule has 0 bridgehead atoms. The van der Waals surface area contributed by atoms with Crippen LogP contribution in [0.25, 0.3) is 0 Å². The average molecular weight is 473 g/mol. The van der Waals surface area contributed by atoms with Crippen molar-refractivity contribution in [3.8, 4) is 0 Å². The number of sulfonamides is 1. The molecule has 0 aliphatic heterocycles. The van der Waals surface area contributed by atoms with E-state index in [1.165, 1.54) is 0 Å². The summed E-state index contributed by atoms with van der Waals surface area (Å²) >= 11 is 3.41. The summed E-state index contributed by atoms with van der Waals surface area (Å²) in [5, 5.41) is 0. The Morgan fingerprint density at radius 2 is 1.89 bits per heavy atom. The Hall–Kier alpha value is -1.84. The van der Waals surface area contributed by atoms with Gasteiger partial charge < -0.3 is 4.90 Å². The molecule has 1 aliphatic rings. The number of halogens is 3. The van der Waals surface area contributed by atoms with Gasteiger partial charge in [-0.15, -0.1) is 0 Å². The van der Waals surface area contributed by atoms with E-state index in [9.17, 15) is 22.0 Å². The molecule has 0 spiro atoms. The fraction of sp³-hybridized carbons (Fsp3) is 0.316. The molecular formula is C19H19BrF2N2O3S. The van der Waals surface area contributed by atoms with E-state index in [0.717, 1.165) is 35.0 Å². The Labute approximate surface area is 170 Å². The van der Waals surface area contributed by atoms with Crippen molar-refractivity contribution in [3.05, 3.63) is 64.1 Å². The van der Waals surface area contributed by atoms with Crippen molar-refractivity contribution < 1.29 is 22.0 Å². The molecule has 1 saturated carbocycles. The molecule has 0 unspecified atom stereocenters. The van der Waals surface area contributed by atoms with Gasteiger partial charge in [0.1, 0.15) is 0 Å². The second-order valence-electron chi connectivity index (χ2n) is 6.61. The minimum absolute atomic E-state index is 0.0204. The van der Waals surface area contributed by atoms with Crippen LogP contribution in [0.4, 0.5) is 8.78 Å². The van der Waals surface area contributed by atoms with Crippen LogP contribution in [-0.4, -0.2) is 31.8 Å². The van der Waals surface area contributed by atoms with E-state index in [1.807, 2.05) is 24.3 Å². The van der Waals surface area contributed by atoms with Crippen molar-refractivity contribution in [2.24, 2.45) is 0 Å². The van der Waals surface area contributed by atoms with Crippen LogP contribution >= 0.6 is 15.9 Å². The molecule has 1 N–H and O–H groups in total. The van der Waals surface area contributed by atoms with Gasteiger partial charge >= 0.3 is 0 Å². The van der Waals surface area contributed by atoms with E-state index in [2.05, 4.69) is 20.7 Å². The molecule has 150 valence electrons. The average Bonchev–Trinajstić information content (AvgIpc) is 3.46. The van der Waals surface area contributed by atoms with Gasteiger partial charge in [-0.25, -0.2) is 21.9 Å². The molecule has 9 heteroatoms. The Morgan fingerprint density at radius 1 is 1.14 bits per heavy atom. The summed E-state index contributed by atoms with van der Waals surface area (Å²) in [5.74, 6) is -2.52. The van der Waals surface area contributed by atoms with Gasteiger partial charge in [0.2, 0.25) is 15.9 Å². The molecule has 0 aromatic heterocycles. The lowest BCUT2D eigenvalue weighted by molar-refractivity contribution is -0.132. The van der Waals surface area contributed by atoms with Crippen molar-refractivity contribution >= 4 is 31.9 Å². The predicted molar refractivity (Wildman–Crippen MR) is 104 cm³/mol. The van der Waals surface area contributed by atoms with Gasteiger partial charge in [0.15, 0.2) is 11.6 Å². The highest BCUT2D eigenvalue weighted by molar-refractivity contribution is 9.10. The number of benzene rings is 2. The molecule has 1 amide bonds. The highest BCUT2D eigenvalue weighted by atomic mass is 79.9. The number of nitrogens with one attached hydrogen (secondary N) is 1. The number of nitrogens with zero attached hydrogens (tertiary/aromatic N) is 1. The topological polar surface area (TPSA) is 66.5 Å². The van der Waals surface area contributed by atoms with Gasteiger partial charge in [-0.05, 0) is 48.7 Å². The largest absolute Gasteiger partial charge is 0.335 e. The third-order valence-electron chi connectivity index (χ3n) is 4.38. The number of rotatable bonds is 8. The Morgan fingerprint density at radius 3 is 2.54 bits per heavy atom. The van der Waals surface area contributed by atoms with Crippen molar-refractivity contribution in [2.75, 3.05) is 6.54 Å². The maximum atomic E-state index is 13.3. The molecule has 3 rings (SSSR count). The van der Waals surface area contributed by atoms with Crippen LogP contribution in [0, 0.1) is 11.6 Å². The van der Waals surface area contributed by atoms with E-state index in [4.69, 9.17) is 0 Å². The van der Waals surface area contributed by atoms with Gasteiger partial charge in [-0.1, -0.05) is 28.1 Å². The van der Waals surface area contributed by atoms with E-state index in [1.54, 1.807) is 4.90 Å². The molecule has 0 radical (unpaired) electrons. The quantitative estimate of drug-likeness (QED) is 0.638. The van der Waals surface area contributed by atoms with Gasteiger partial charge in [-0.2, -0.15) is 0 Å². The molecule has 1 fully saturated rings. The summed E-state index contributed by atoms with van der Waals surface area (Å²) in [4.78, 5) is 14.0. The molecule has 1 aliphatic carbocycles. The van der Waals surface area contributed by atoms with Gasteiger partial charge in [0.05, 0.1) is 4.90 Å². The lowest BCUT2D eigenvalue weighted by atomic mass is 10.2. The SMILES string of the molecule is O=C(CCNS(=O)(=O)c1ccc(F)c(F)c1)N(Cc1cccc(Br)c1)C1CC1. The second-order valence-corrected chi connectivity index (χ2v) is 9.29. The molecule has 0 atom stereocenters. The van der Waals surface area contributed by atoms with Crippen molar-refractivity contribution in [3.63, 3.8) is 0 Å². The second kappa shape index (κ2) is 8.67. The number of hydrogen-bond acceptors (Lipinski definition) is 3. The van der Waals surface area contributed by atoms with Gasteiger partial charge in [0, 0.05) is 30.0 Å². The summed E-state index contributed by atoms with van der Waals surface area (Å²) in [6, 6.07) is 10.2. The zero-order valence-corrected chi connectivity index (χ0v) is 17.3. The number of hydrogen-bond donors (Lipinski definition) is 1. The zero-order chi connectivity index (χ0) is 20.3. The number of carbonyl (C=O) groups is 1.